The molecule has 1 unspecified atom stereocenters. The smallest absolute Gasteiger partial charge is 0.270 e. The molecule has 23 heavy (non-hydrogen) atoms. The lowest BCUT2D eigenvalue weighted by Gasteiger charge is -2.26. The van der Waals surface area contributed by atoms with Gasteiger partial charge in [0.25, 0.3) is 5.91 Å². The molecule has 1 N–H and O–H groups in total. The molecule has 1 amide bonds. The summed E-state index contributed by atoms with van der Waals surface area (Å²) in [6.45, 7) is 3.31. The molecule has 9 heteroatoms. The van der Waals surface area contributed by atoms with E-state index in [1.165, 1.54) is 12.3 Å². The average molecular weight is 342 g/mol. The molecule has 1 saturated heterocycles. The van der Waals surface area contributed by atoms with E-state index in [0.717, 1.165) is 0 Å². The molecule has 0 aromatic carbocycles. The van der Waals surface area contributed by atoms with Crippen molar-refractivity contribution in [3.63, 3.8) is 0 Å². The van der Waals surface area contributed by atoms with Gasteiger partial charge in [-0.2, -0.15) is 0 Å². The monoisotopic (exact) mass is 342 g/mol. The zero-order valence-electron chi connectivity index (χ0n) is 13.4. The molecule has 2 rings (SSSR count). The second kappa shape index (κ2) is 7.69. The van der Waals surface area contributed by atoms with Gasteiger partial charge in [-0.15, -0.1) is 0 Å². The molecule has 0 aliphatic carbocycles. The van der Waals surface area contributed by atoms with Gasteiger partial charge in [0.1, 0.15) is 5.69 Å². The number of rotatable bonds is 7. The van der Waals surface area contributed by atoms with Gasteiger partial charge in [-0.3, -0.25) is 4.79 Å². The number of hydrogen-bond acceptors (Lipinski definition) is 7. The Morgan fingerprint density at radius 1 is 1.52 bits per heavy atom. The second-order valence-corrected chi connectivity index (χ2v) is 7.56. The number of hydrogen-bond donors (Lipinski definition) is 1. The predicted octanol–water partition coefficient (Wildman–Crippen LogP) is -0.134. The minimum atomic E-state index is -2.99. The Morgan fingerprint density at radius 3 is 2.91 bits per heavy atom. The van der Waals surface area contributed by atoms with Gasteiger partial charge in [-0.25, -0.2) is 18.4 Å². The SMILES string of the molecule is CCN(c1nccc(C(=O)NCCOC)n1)C1CCS(=O)(=O)C1. The van der Waals surface area contributed by atoms with Crippen LogP contribution < -0.4 is 10.2 Å². The molecule has 0 spiro atoms. The summed E-state index contributed by atoms with van der Waals surface area (Å²) in [5, 5.41) is 2.70. The zero-order chi connectivity index (χ0) is 16.9. The van der Waals surface area contributed by atoms with E-state index in [1.807, 2.05) is 11.8 Å². The van der Waals surface area contributed by atoms with Crippen molar-refractivity contribution >= 4 is 21.7 Å². The Kier molecular flexibility index (Phi) is 5.89. The van der Waals surface area contributed by atoms with Crippen molar-refractivity contribution in [2.24, 2.45) is 0 Å². The third-order valence-electron chi connectivity index (χ3n) is 3.71. The normalized spacial score (nSPS) is 19.5. The van der Waals surface area contributed by atoms with Crippen LogP contribution in [0.3, 0.4) is 0 Å². The van der Waals surface area contributed by atoms with E-state index >= 15 is 0 Å². The molecule has 1 aromatic heterocycles. The summed E-state index contributed by atoms with van der Waals surface area (Å²) in [6, 6.07) is 1.39. The van der Waals surface area contributed by atoms with E-state index in [1.54, 1.807) is 7.11 Å². The number of nitrogens with one attached hydrogen (secondary N) is 1. The Morgan fingerprint density at radius 2 is 2.30 bits per heavy atom. The molecule has 0 bridgehead atoms. The Balaban J connectivity index is 2.12. The van der Waals surface area contributed by atoms with Crippen LogP contribution in [-0.2, 0) is 14.6 Å². The summed E-state index contributed by atoms with van der Waals surface area (Å²) in [4.78, 5) is 22.4. The number of anilines is 1. The van der Waals surface area contributed by atoms with Crippen molar-refractivity contribution in [2.75, 3.05) is 43.2 Å². The average Bonchev–Trinajstić information content (AvgIpc) is 2.88. The maximum Gasteiger partial charge on any atom is 0.270 e. The summed E-state index contributed by atoms with van der Waals surface area (Å²) in [7, 11) is -1.43. The van der Waals surface area contributed by atoms with Crippen LogP contribution in [0.2, 0.25) is 0 Å². The van der Waals surface area contributed by atoms with E-state index < -0.39 is 9.84 Å². The lowest BCUT2D eigenvalue weighted by molar-refractivity contribution is 0.0932. The van der Waals surface area contributed by atoms with Crippen LogP contribution in [0.4, 0.5) is 5.95 Å². The number of sulfone groups is 1. The lowest BCUT2D eigenvalue weighted by atomic mass is 10.2. The molecule has 8 nitrogen and oxygen atoms in total. The van der Waals surface area contributed by atoms with E-state index in [4.69, 9.17) is 4.74 Å². The van der Waals surface area contributed by atoms with Gasteiger partial charge < -0.3 is 15.0 Å². The van der Waals surface area contributed by atoms with Crippen molar-refractivity contribution in [3.05, 3.63) is 18.0 Å². The van der Waals surface area contributed by atoms with Crippen molar-refractivity contribution in [3.8, 4) is 0 Å². The molecule has 1 atom stereocenters. The van der Waals surface area contributed by atoms with Gasteiger partial charge in [0.2, 0.25) is 5.95 Å². The minimum absolute atomic E-state index is 0.106. The third-order valence-corrected chi connectivity index (χ3v) is 5.46. The highest BCUT2D eigenvalue weighted by atomic mass is 32.2. The van der Waals surface area contributed by atoms with Crippen molar-refractivity contribution in [1.82, 2.24) is 15.3 Å². The van der Waals surface area contributed by atoms with Crippen LogP contribution in [0.1, 0.15) is 23.8 Å². The summed E-state index contributed by atoms with van der Waals surface area (Å²) < 4.78 is 28.2. The fraction of sp³-hybridized carbons (Fsp3) is 0.643. The highest BCUT2D eigenvalue weighted by Gasteiger charge is 2.33. The highest BCUT2D eigenvalue weighted by Crippen LogP contribution is 2.21. The number of amides is 1. The first-order valence-electron chi connectivity index (χ1n) is 7.54. The molecular formula is C14H22N4O4S. The largest absolute Gasteiger partial charge is 0.383 e. The summed E-state index contributed by atoms with van der Waals surface area (Å²) in [5.41, 5.74) is 0.255. The molecule has 0 radical (unpaired) electrons. The van der Waals surface area contributed by atoms with E-state index in [9.17, 15) is 13.2 Å². The lowest BCUT2D eigenvalue weighted by Crippen LogP contribution is -2.38. The first-order chi connectivity index (χ1) is 11.0. The molecule has 0 saturated carbocycles. The Hall–Kier alpha value is -1.74. The van der Waals surface area contributed by atoms with Gasteiger partial charge in [0.15, 0.2) is 9.84 Å². The van der Waals surface area contributed by atoms with Crippen LogP contribution >= 0.6 is 0 Å². The maximum absolute atomic E-state index is 12.0. The van der Waals surface area contributed by atoms with Gasteiger partial charge in [0, 0.05) is 32.4 Å². The van der Waals surface area contributed by atoms with E-state index in [0.29, 0.717) is 32.1 Å². The molecule has 1 aliphatic heterocycles. The van der Waals surface area contributed by atoms with Crippen molar-refractivity contribution in [2.45, 2.75) is 19.4 Å². The van der Waals surface area contributed by atoms with Crippen LogP contribution in [0.15, 0.2) is 12.3 Å². The number of carbonyl (C=O) groups is 1. The summed E-state index contributed by atoms with van der Waals surface area (Å²) >= 11 is 0. The topological polar surface area (TPSA) is 101 Å². The number of ether oxygens (including phenoxy) is 1. The predicted molar refractivity (Wildman–Crippen MR) is 86.3 cm³/mol. The first kappa shape index (κ1) is 17.6. The Labute approximate surface area is 136 Å². The first-order valence-corrected chi connectivity index (χ1v) is 9.36. The zero-order valence-corrected chi connectivity index (χ0v) is 14.2. The standard InChI is InChI=1S/C14H22N4O4S/c1-3-18(11-5-9-23(20,21)10-11)14-16-6-4-12(17-14)13(19)15-7-8-22-2/h4,6,11H,3,5,7-10H2,1-2H3,(H,15,19). The maximum atomic E-state index is 12.0. The van der Waals surface area contributed by atoms with Gasteiger partial charge >= 0.3 is 0 Å². The minimum Gasteiger partial charge on any atom is -0.383 e. The van der Waals surface area contributed by atoms with Gasteiger partial charge in [0.05, 0.1) is 18.1 Å². The quantitative estimate of drug-likeness (QED) is 0.689. The van der Waals surface area contributed by atoms with E-state index in [2.05, 4.69) is 15.3 Å². The molecular weight excluding hydrogens is 320 g/mol. The second-order valence-electron chi connectivity index (χ2n) is 5.33. The van der Waals surface area contributed by atoms with E-state index in [-0.39, 0.29) is 29.1 Å². The fourth-order valence-electron chi connectivity index (χ4n) is 2.55. The van der Waals surface area contributed by atoms with Crippen molar-refractivity contribution < 1.29 is 17.9 Å². The Bertz CT molecular complexity index is 650. The van der Waals surface area contributed by atoms with Crippen LogP contribution in [0.25, 0.3) is 0 Å². The fourth-order valence-corrected chi connectivity index (χ4v) is 4.29. The third kappa shape index (κ3) is 4.61. The number of methoxy groups -OCH3 is 1. The van der Waals surface area contributed by atoms with Crippen LogP contribution in [-0.4, -0.2) is 68.6 Å². The molecule has 1 fully saturated rings. The number of nitrogens with zero attached hydrogens (tertiary/aromatic N) is 3. The summed E-state index contributed by atoms with van der Waals surface area (Å²) in [6.07, 6.45) is 2.07. The number of aromatic nitrogens is 2. The van der Waals surface area contributed by atoms with Crippen LogP contribution in [0, 0.1) is 0 Å². The van der Waals surface area contributed by atoms with Crippen LogP contribution in [0.5, 0.6) is 0 Å². The van der Waals surface area contributed by atoms with Gasteiger partial charge in [-0.1, -0.05) is 0 Å². The summed E-state index contributed by atoms with van der Waals surface area (Å²) in [5.74, 6) is 0.370. The highest BCUT2D eigenvalue weighted by molar-refractivity contribution is 7.91. The molecule has 128 valence electrons. The molecule has 1 aromatic rings. The number of carbonyl (C=O) groups excluding carboxylic acids is 1. The van der Waals surface area contributed by atoms with Crippen molar-refractivity contribution in [1.29, 1.82) is 0 Å². The van der Waals surface area contributed by atoms with Gasteiger partial charge in [-0.05, 0) is 19.4 Å². The molecule has 1 aliphatic rings. The molecule has 2 heterocycles.